The lowest BCUT2D eigenvalue weighted by Crippen LogP contribution is -1.66. The van der Waals surface area contributed by atoms with E-state index in [0.717, 1.165) is 0 Å². The van der Waals surface area contributed by atoms with E-state index in [0.29, 0.717) is 0 Å². The molecular weight excluding hydrogens is 178 g/mol. The summed E-state index contributed by atoms with van der Waals surface area (Å²) in [5.41, 5.74) is 0. The predicted octanol–water partition coefficient (Wildman–Crippen LogP) is 0.973. The van der Waals surface area contributed by atoms with Crippen LogP contribution in [-0.4, -0.2) is 21.3 Å². The van der Waals surface area contributed by atoms with Crippen LogP contribution in [-0.2, 0) is 22.7 Å². The van der Waals surface area contributed by atoms with Gasteiger partial charge < -0.3 is 13.6 Å². The molecule has 0 saturated carbocycles. The second-order valence-corrected chi connectivity index (χ2v) is 2.97. The zero-order chi connectivity index (χ0) is 8.41. The van der Waals surface area contributed by atoms with Gasteiger partial charge >= 0.3 is 8.25 Å². The molecule has 5 nitrogen and oxygen atoms in total. The van der Waals surface area contributed by atoms with Crippen LogP contribution in [0.2, 0.25) is 0 Å². The third-order valence-electron chi connectivity index (χ3n) is 0.430. The van der Waals surface area contributed by atoms with Gasteiger partial charge in [-0.05, 0) is 0 Å². The molecule has 0 heterocycles. The third kappa shape index (κ3) is 15.8. The normalized spacial score (nSPS) is 10.0. The Morgan fingerprint density at radius 3 is 1.50 bits per heavy atom. The van der Waals surface area contributed by atoms with Crippen molar-refractivity contribution in [3.63, 3.8) is 0 Å². The Morgan fingerprint density at radius 1 is 1.20 bits per heavy atom. The fourth-order valence-corrected chi connectivity index (χ4v) is 0.250. The summed E-state index contributed by atoms with van der Waals surface area (Å²) in [6, 6.07) is 0. The first-order valence-electron chi connectivity index (χ1n) is 2.31. The topological polar surface area (TPSA) is 61.8 Å². The van der Waals surface area contributed by atoms with E-state index in [-0.39, 0.29) is 0 Å². The van der Waals surface area contributed by atoms with Gasteiger partial charge in [0.05, 0.1) is 0 Å². The number of hydrogen-bond donors (Lipinski definition) is 0. The Balaban J connectivity index is 0. The highest BCUT2D eigenvalue weighted by molar-refractivity contribution is 7.33. The Morgan fingerprint density at radius 2 is 1.50 bits per heavy atom. The molecule has 0 aliphatic rings. The first kappa shape index (κ1) is 13.0. The molecule has 0 aromatic heterocycles. The summed E-state index contributed by atoms with van der Waals surface area (Å²) in [5, 5.41) is 0. The fourth-order valence-electron chi connectivity index (χ4n) is 0.0833. The van der Waals surface area contributed by atoms with Crippen molar-refractivity contribution >= 4 is 16.9 Å². The predicted molar refractivity (Wildman–Crippen MR) is 40.4 cm³/mol. The van der Waals surface area contributed by atoms with Gasteiger partial charge in [-0.3, -0.25) is 9.13 Å². The van der Waals surface area contributed by atoms with E-state index in [2.05, 4.69) is 13.6 Å². The van der Waals surface area contributed by atoms with Crippen molar-refractivity contribution in [2.45, 2.75) is 0 Å². The zero-order valence-electron chi connectivity index (χ0n) is 6.12. The highest BCUT2D eigenvalue weighted by Gasteiger charge is 1.83. The van der Waals surface area contributed by atoms with Gasteiger partial charge in [-0.1, -0.05) is 0 Å². The maximum absolute atomic E-state index is 9.92. The second-order valence-electron chi connectivity index (χ2n) is 0.990. The van der Waals surface area contributed by atoms with Gasteiger partial charge in [-0.15, -0.1) is 0 Å². The van der Waals surface area contributed by atoms with E-state index >= 15 is 0 Å². The molecule has 64 valence electrons. The van der Waals surface area contributed by atoms with E-state index < -0.39 is 16.9 Å². The van der Waals surface area contributed by atoms with Gasteiger partial charge in [0.25, 0.3) is 0 Å². The minimum atomic E-state index is -2.12. The Hall–Kier alpha value is 0.340. The summed E-state index contributed by atoms with van der Waals surface area (Å²) in [4.78, 5) is 0. The van der Waals surface area contributed by atoms with Crippen molar-refractivity contribution < 1.29 is 22.7 Å². The van der Waals surface area contributed by atoms with Crippen LogP contribution in [0.1, 0.15) is 0 Å². The van der Waals surface area contributed by atoms with Gasteiger partial charge in [0.1, 0.15) is 0 Å². The maximum Gasteiger partial charge on any atom is 0.318 e. The zero-order valence-corrected chi connectivity index (χ0v) is 8.27. The number of hydrogen-bond acceptors (Lipinski definition) is 5. The Bertz CT molecular complexity index is 88.9. The lowest BCUT2D eigenvalue weighted by molar-refractivity contribution is 0.302. The van der Waals surface area contributed by atoms with Gasteiger partial charge in [0.15, 0.2) is 8.69 Å². The lowest BCUT2D eigenvalue weighted by atomic mass is 11.8. The molecule has 1 atom stereocenters. The average Bonchev–Trinajstić information content (AvgIpc) is 2.03. The molecule has 0 aromatic carbocycles. The maximum atomic E-state index is 9.92. The SMILES string of the molecule is CO[PH2]=O.CO[PH](=O)OC. The standard InChI is InChI=1S/C2H7O3P.CH5O2P/c1-4-6(3)5-2;1-3-4-2/h6H,1-2H3;4H2,1H3. The molecule has 0 spiro atoms. The van der Waals surface area contributed by atoms with E-state index in [1.54, 1.807) is 0 Å². The molecule has 7 heteroatoms. The van der Waals surface area contributed by atoms with Gasteiger partial charge in [-0.2, -0.15) is 0 Å². The van der Waals surface area contributed by atoms with E-state index in [4.69, 9.17) is 4.57 Å². The van der Waals surface area contributed by atoms with Crippen LogP contribution in [0.3, 0.4) is 0 Å². The molecule has 0 rings (SSSR count). The molecule has 0 aromatic rings. The molecular formula is C3H12O5P2. The number of rotatable bonds is 3. The quantitative estimate of drug-likeness (QED) is 0.620. The van der Waals surface area contributed by atoms with Crippen molar-refractivity contribution in [2.24, 2.45) is 0 Å². The Kier molecular flexibility index (Phi) is 15.6. The fraction of sp³-hybridized carbons (Fsp3) is 1.00. The molecule has 10 heavy (non-hydrogen) atoms. The summed E-state index contributed by atoms with van der Waals surface area (Å²) < 4.78 is 31.6. The van der Waals surface area contributed by atoms with E-state index in [1.807, 2.05) is 0 Å². The van der Waals surface area contributed by atoms with Crippen molar-refractivity contribution in [3.05, 3.63) is 0 Å². The van der Waals surface area contributed by atoms with Crippen molar-refractivity contribution in [3.8, 4) is 0 Å². The van der Waals surface area contributed by atoms with Crippen LogP contribution < -0.4 is 0 Å². The summed E-state index contributed by atoms with van der Waals surface area (Å²) in [6.07, 6.45) is 0. The minimum absolute atomic E-state index is 0.968. The third-order valence-corrected chi connectivity index (χ3v) is 1.29. The van der Waals surface area contributed by atoms with Gasteiger partial charge in [-0.25, -0.2) is 0 Å². The molecule has 0 amide bonds. The molecule has 0 N–H and O–H groups in total. The molecule has 0 aliphatic carbocycles. The monoisotopic (exact) mass is 190 g/mol. The molecule has 1 unspecified atom stereocenters. The average molecular weight is 190 g/mol. The molecule has 0 radical (unpaired) electrons. The molecule has 0 aliphatic heterocycles. The van der Waals surface area contributed by atoms with Crippen LogP contribution in [0.15, 0.2) is 0 Å². The van der Waals surface area contributed by atoms with Crippen LogP contribution >= 0.6 is 16.9 Å². The molecule has 0 bridgehead atoms. The van der Waals surface area contributed by atoms with Crippen LogP contribution in [0.5, 0.6) is 0 Å². The van der Waals surface area contributed by atoms with Crippen molar-refractivity contribution in [2.75, 3.05) is 21.3 Å². The second kappa shape index (κ2) is 12.1. The van der Waals surface area contributed by atoms with Gasteiger partial charge in [0, 0.05) is 21.3 Å². The van der Waals surface area contributed by atoms with Crippen LogP contribution in [0.4, 0.5) is 0 Å². The lowest BCUT2D eigenvalue weighted by Gasteiger charge is -1.89. The highest BCUT2D eigenvalue weighted by atomic mass is 31.1. The smallest absolute Gasteiger partial charge is 0.318 e. The summed E-state index contributed by atoms with van der Waals surface area (Å²) >= 11 is 0. The first-order chi connectivity index (χ1) is 4.72. The van der Waals surface area contributed by atoms with Gasteiger partial charge in [0.2, 0.25) is 0 Å². The largest absolute Gasteiger partial charge is 0.336 e. The Labute approximate surface area is 61.9 Å². The van der Waals surface area contributed by atoms with Crippen LogP contribution in [0, 0.1) is 0 Å². The summed E-state index contributed by atoms with van der Waals surface area (Å²) in [6.45, 7) is 0. The van der Waals surface area contributed by atoms with Crippen molar-refractivity contribution in [1.82, 2.24) is 0 Å². The molecule has 0 fully saturated rings. The minimum Gasteiger partial charge on any atom is -0.336 e. The van der Waals surface area contributed by atoms with E-state index in [1.165, 1.54) is 21.3 Å². The summed E-state index contributed by atoms with van der Waals surface area (Å²) in [5.74, 6) is 0. The van der Waals surface area contributed by atoms with Crippen molar-refractivity contribution in [1.29, 1.82) is 0 Å². The van der Waals surface area contributed by atoms with Crippen LogP contribution in [0.25, 0.3) is 0 Å². The summed E-state index contributed by atoms with van der Waals surface area (Å²) in [7, 11) is 0.995. The molecule has 0 saturated heterocycles. The van der Waals surface area contributed by atoms with E-state index in [9.17, 15) is 4.57 Å². The highest BCUT2D eigenvalue weighted by Crippen LogP contribution is 2.18. The first-order valence-corrected chi connectivity index (χ1v) is 4.48.